The lowest BCUT2D eigenvalue weighted by Crippen LogP contribution is -2.23. The number of para-hydroxylation sites is 2. The van der Waals surface area contributed by atoms with Gasteiger partial charge >= 0.3 is 0 Å². The Bertz CT molecular complexity index is 1200. The van der Waals surface area contributed by atoms with Gasteiger partial charge in [0.05, 0.1) is 23.9 Å². The molecule has 140 valence electrons. The number of nitrogens with one attached hydrogen (secondary N) is 1. The van der Waals surface area contributed by atoms with E-state index in [1.165, 1.54) is 29.2 Å². The van der Waals surface area contributed by atoms with E-state index in [0.717, 1.165) is 5.69 Å². The number of fused-ring (bicyclic) bond motifs is 1. The molecule has 0 bridgehead atoms. The average Bonchev–Trinajstić information content (AvgIpc) is 3.15. The Hall–Kier alpha value is -3.81. The standard InChI is InChI=1S/C20H16FN5O2/c21-16-8-4-5-9-17(16)24-18(27)10-11-25-13-22-19-15(20(25)28)12-23-26(19)14-6-2-1-3-7-14/h1-9,12-13H,10-11H2,(H,24,27). The first-order chi connectivity index (χ1) is 13.6. The van der Waals surface area contributed by atoms with Crippen LogP contribution in [0, 0.1) is 5.82 Å². The molecule has 28 heavy (non-hydrogen) atoms. The highest BCUT2D eigenvalue weighted by molar-refractivity contribution is 5.90. The number of aryl methyl sites for hydroxylation is 1. The third kappa shape index (κ3) is 3.39. The van der Waals surface area contributed by atoms with Crippen molar-refractivity contribution >= 4 is 22.6 Å². The molecule has 4 aromatic rings. The molecule has 0 radical (unpaired) electrons. The minimum atomic E-state index is -0.510. The maximum atomic E-state index is 13.6. The lowest BCUT2D eigenvalue weighted by Gasteiger charge is -2.08. The molecule has 2 heterocycles. The number of hydrogen-bond donors (Lipinski definition) is 1. The van der Waals surface area contributed by atoms with Crippen LogP contribution in [0.15, 0.2) is 71.9 Å². The molecule has 0 atom stereocenters. The maximum Gasteiger partial charge on any atom is 0.264 e. The smallest absolute Gasteiger partial charge is 0.264 e. The van der Waals surface area contributed by atoms with Gasteiger partial charge in [0.2, 0.25) is 5.91 Å². The highest BCUT2D eigenvalue weighted by Gasteiger charge is 2.12. The van der Waals surface area contributed by atoms with Crippen LogP contribution in [0.1, 0.15) is 6.42 Å². The van der Waals surface area contributed by atoms with Crippen LogP contribution >= 0.6 is 0 Å². The van der Waals surface area contributed by atoms with E-state index in [2.05, 4.69) is 15.4 Å². The highest BCUT2D eigenvalue weighted by atomic mass is 19.1. The lowest BCUT2D eigenvalue weighted by atomic mass is 10.3. The second-order valence-electron chi connectivity index (χ2n) is 6.15. The lowest BCUT2D eigenvalue weighted by molar-refractivity contribution is -0.116. The Balaban J connectivity index is 1.52. The molecular weight excluding hydrogens is 361 g/mol. The molecule has 4 rings (SSSR count). The van der Waals surface area contributed by atoms with Crippen molar-refractivity contribution in [3.05, 3.63) is 83.3 Å². The molecule has 0 spiro atoms. The second-order valence-corrected chi connectivity index (χ2v) is 6.15. The molecule has 1 amide bonds. The third-order valence-electron chi connectivity index (χ3n) is 4.28. The van der Waals surface area contributed by atoms with Crippen LogP contribution in [0.5, 0.6) is 0 Å². The van der Waals surface area contributed by atoms with Gasteiger partial charge in [0, 0.05) is 13.0 Å². The van der Waals surface area contributed by atoms with Gasteiger partial charge in [-0.15, -0.1) is 0 Å². The first-order valence-corrected chi connectivity index (χ1v) is 8.66. The zero-order valence-corrected chi connectivity index (χ0v) is 14.7. The van der Waals surface area contributed by atoms with Crippen molar-refractivity contribution in [2.45, 2.75) is 13.0 Å². The largest absolute Gasteiger partial charge is 0.324 e. The molecule has 2 aromatic carbocycles. The minimum absolute atomic E-state index is 0.00818. The normalized spacial score (nSPS) is 10.9. The van der Waals surface area contributed by atoms with Crippen molar-refractivity contribution in [3.63, 3.8) is 0 Å². The summed E-state index contributed by atoms with van der Waals surface area (Å²) in [7, 11) is 0. The van der Waals surface area contributed by atoms with Crippen LogP contribution in [0.3, 0.4) is 0 Å². The van der Waals surface area contributed by atoms with Crippen LogP contribution < -0.4 is 10.9 Å². The highest BCUT2D eigenvalue weighted by Crippen LogP contribution is 2.14. The molecule has 0 fully saturated rings. The van der Waals surface area contributed by atoms with Crippen molar-refractivity contribution in [1.29, 1.82) is 0 Å². The van der Waals surface area contributed by atoms with Gasteiger partial charge in [0.25, 0.3) is 5.56 Å². The van der Waals surface area contributed by atoms with Gasteiger partial charge in [-0.25, -0.2) is 14.1 Å². The Morgan fingerprint density at radius 3 is 2.61 bits per heavy atom. The Kier molecular flexibility index (Phi) is 4.67. The SMILES string of the molecule is O=C(CCn1cnc2c(cnn2-c2ccccc2)c1=O)Nc1ccccc1F. The number of halogens is 1. The van der Waals surface area contributed by atoms with E-state index in [9.17, 15) is 14.0 Å². The fourth-order valence-corrected chi connectivity index (χ4v) is 2.86. The Morgan fingerprint density at radius 1 is 1.07 bits per heavy atom. The molecule has 0 saturated carbocycles. The van der Waals surface area contributed by atoms with E-state index >= 15 is 0 Å². The summed E-state index contributed by atoms with van der Waals surface area (Å²) in [6.45, 7) is 0.124. The first-order valence-electron chi connectivity index (χ1n) is 8.66. The van der Waals surface area contributed by atoms with Crippen LogP contribution in [0.2, 0.25) is 0 Å². The summed E-state index contributed by atoms with van der Waals surface area (Å²) < 4.78 is 16.5. The van der Waals surface area contributed by atoms with Gasteiger partial charge in [-0.2, -0.15) is 5.10 Å². The summed E-state index contributed by atoms with van der Waals surface area (Å²) in [5.74, 6) is -0.901. The van der Waals surface area contributed by atoms with Gasteiger partial charge in [-0.05, 0) is 24.3 Å². The average molecular weight is 377 g/mol. The van der Waals surface area contributed by atoms with Crippen molar-refractivity contribution < 1.29 is 9.18 Å². The molecule has 0 unspecified atom stereocenters. The molecule has 0 aliphatic rings. The number of amides is 1. The van der Waals surface area contributed by atoms with Crippen LogP contribution in [0.4, 0.5) is 10.1 Å². The second kappa shape index (κ2) is 7.43. The molecule has 1 N–H and O–H groups in total. The fraction of sp³-hybridized carbons (Fsp3) is 0.100. The quantitative estimate of drug-likeness (QED) is 0.580. The van der Waals surface area contributed by atoms with Crippen LogP contribution in [0.25, 0.3) is 16.7 Å². The van der Waals surface area contributed by atoms with E-state index in [4.69, 9.17) is 0 Å². The first kappa shape index (κ1) is 17.6. The Morgan fingerprint density at radius 2 is 1.82 bits per heavy atom. The monoisotopic (exact) mass is 377 g/mol. The number of nitrogens with zero attached hydrogens (tertiary/aromatic N) is 4. The number of rotatable bonds is 5. The van der Waals surface area contributed by atoms with Crippen molar-refractivity contribution in [2.24, 2.45) is 0 Å². The van der Waals surface area contributed by atoms with Crippen molar-refractivity contribution in [2.75, 3.05) is 5.32 Å². The number of hydrogen-bond acceptors (Lipinski definition) is 4. The van der Waals surface area contributed by atoms with Crippen molar-refractivity contribution in [1.82, 2.24) is 19.3 Å². The summed E-state index contributed by atoms with van der Waals surface area (Å²) in [5, 5.41) is 7.11. The molecule has 0 saturated heterocycles. The van der Waals surface area contributed by atoms with E-state index in [-0.39, 0.29) is 24.2 Å². The number of anilines is 1. The van der Waals surface area contributed by atoms with Crippen LogP contribution in [-0.4, -0.2) is 25.2 Å². The number of benzene rings is 2. The number of aromatic nitrogens is 4. The summed E-state index contributed by atoms with van der Waals surface area (Å²) >= 11 is 0. The number of carbonyl (C=O) groups is 1. The van der Waals surface area contributed by atoms with E-state index in [1.807, 2.05) is 30.3 Å². The summed E-state index contributed by atoms with van der Waals surface area (Å²) in [4.78, 5) is 29.1. The third-order valence-corrected chi connectivity index (χ3v) is 4.28. The van der Waals surface area contributed by atoms with E-state index in [0.29, 0.717) is 11.0 Å². The summed E-state index contributed by atoms with van der Waals surface area (Å²) in [6.07, 6.45) is 2.87. The topological polar surface area (TPSA) is 81.8 Å². The summed E-state index contributed by atoms with van der Waals surface area (Å²) in [6, 6.07) is 15.3. The van der Waals surface area contributed by atoms with Gasteiger partial charge in [0.15, 0.2) is 5.65 Å². The fourth-order valence-electron chi connectivity index (χ4n) is 2.86. The predicted octanol–water partition coefficient (Wildman–Crippen LogP) is 2.75. The van der Waals surface area contributed by atoms with Gasteiger partial charge < -0.3 is 5.32 Å². The molecule has 7 nitrogen and oxygen atoms in total. The minimum Gasteiger partial charge on any atom is -0.324 e. The van der Waals surface area contributed by atoms with Crippen LogP contribution in [-0.2, 0) is 11.3 Å². The molecular formula is C20H16FN5O2. The number of carbonyl (C=O) groups excluding carboxylic acids is 1. The molecule has 0 aliphatic heterocycles. The van der Waals surface area contributed by atoms with Gasteiger partial charge in [0.1, 0.15) is 11.2 Å². The summed E-state index contributed by atoms with van der Waals surface area (Å²) in [5.41, 5.74) is 1.07. The van der Waals surface area contributed by atoms with E-state index < -0.39 is 11.7 Å². The van der Waals surface area contributed by atoms with Gasteiger partial charge in [-0.1, -0.05) is 30.3 Å². The van der Waals surface area contributed by atoms with Gasteiger partial charge in [-0.3, -0.25) is 14.2 Å². The van der Waals surface area contributed by atoms with Crippen molar-refractivity contribution in [3.8, 4) is 5.69 Å². The molecule has 8 heteroatoms. The predicted molar refractivity (Wildman–Crippen MR) is 103 cm³/mol. The molecule has 2 aromatic heterocycles. The Labute approximate surface area is 159 Å². The maximum absolute atomic E-state index is 13.6. The zero-order chi connectivity index (χ0) is 19.5. The zero-order valence-electron chi connectivity index (χ0n) is 14.7. The molecule has 0 aliphatic carbocycles. The van der Waals surface area contributed by atoms with E-state index in [1.54, 1.807) is 16.8 Å².